The first-order valence-corrected chi connectivity index (χ1v) is 7.49. The summed E-state index contributed by atoms with van der Waals surface area (Å²) in [5.74, 6) is 1.01. The molecule has 0 heterocycles. The molecule has 0 N–H and O–H groups in total. The Morgan fingerprint density at radius 2 is 1.75 bits per heavy atom. The van der Waals surface area contributed by atoms with Crippen molar-refractivity contribution in [2.45, 2.75) is 26.1 Å². The summed E-state index contributed by atoms with van der Waals surface area (Å²) in [4.78, 5) is 0. The van der Waals surface area contributed by atoms with Gasteiger partial charge in [0.25, 0.3) is 0 Å². The van der Waals surface area contributed by atoms with E-state index >= 15 is 0 Å². The lowest BCUT2D eigenvalue weighted by Crippen LogP contribution is -2.32. The van der Waals surface area contributed by atoms with Crippen LogP contribution in [-0.2, 0) is 0 Å². The zero-order chi connectivity index (χ0) is 9.03. The maximum Gasteiger partial charge on any atom is 0.244 e. The number of para-hydroxylation sites is 1. The number of rotatable bonds is 3. The van der Waals surface area contributed by atoms with Gasteiger partial charge in [0.2, 0.25) is 8.32 Å². The van der Waals surface area contributed by atoms with Crippen molar-refractivity contribution >= 4 is 8.32 Å². The van der Waals surface area contributed by atoms with Gasteiger partial charge >= 0.3 is 0 Å². The second-order valence-electron chi connectivity index (χ2n) is 3.53. The summed E-state index contributed by atoms with van der Waals surface area (Å²) >= 11 is 0. The predicted molar refractivity (Wildman–Crippen MR) is 55.0 cm³/mol. The van der Waals surface area contributed by atoms with Crippen molar-refractivity contribution in [2.24, 2.45) is 0 Å². The second kappa shape index (κ2) is 3.76. The molecule has 0 unspecified atom stereocenters. The molecule has 0 fully saturated rings. The summed E-state index contributed by atoms with van der Waals surface area (Å²) < 4.78 is 5.89. The molecule has 1 aromatic rings. The topological polar surface area (TPSA) is 9.23 Å². The highest BCUT2D eigenvalue weighted by molar-refractivity contribution is 6.71. The van der Waals surface area contributed by atoms with Crippen molar-refractivity contribution in [3.05, 3.63) is 30.3 Å². The van der Waals surface area contributed by atoms with Gasteiger partial charge in [0.15, 0.2) is 0 Å². The van der Waals surface area contributed by atoms with Gasteiger partial charge in [-0.15, -0.1) is 0 Å². The molecule has 0 spiro atoms. The SMILES string of the molecule is CC[Si](C)(C)Oc1ccccc1. The van der Waals surface area contributed by atoms with Crippen LogP contribution in [0.15, 0.2) is 30.3 Å². The van der Waals surface area contributed by atoms with Gasteiger partial charge in [-0.3, -0.25) is 0 Å². The van der Waals surface area contributed by atoms with Crippen LogP contribution in [0.25, 0.3) is 0 Å². The minimum absolute atomic E-state index is 1.01. The molecule has 1 aromatic carbocycles. The van der Waals surface area contributed by atoms with Gasteiger partial charge in [-0.25, -0.2) is 0 Å². The van der Waals surface area contributed by atoms with E-state index in [-0.39, 0.29) is 0 Å². The standard InChI is InChI=1S/C10H16OSi/c1-4-12(2,3)11-10-8-6-5-7-9-10/h5-9H,4H2,1-3H3. The molecule has 2 heteroatoms. The summed E-state index contributed by atoms with van der Waals surface area (Å²) in [7, 11) is -1.42. The molecule has 1 rings (SSSR count). The van der Waals surface area contributed by atoms with Gasteiger partial charge in [0.05, 0.1) is 0 Å². The Kier molecular flexibility index (Phi) is 2.92. The number of hydrogen-bond donors (Lipinski definition) is 0. The Labute approximate surface area is 75.5 Å². The van der Waals surface area contributed by atoms with Crippen molar-refractivity contribution in [3.8, 4) is 5.75 Å². The second-order valence-corrected chi connectivity index (χ2v) is 7.96. The molecule has 66 valence electrons. The van der Waals surface area contributed by atoms with Gasteiger partial charge in [-0.05, 0) is 31.3 Å². The van der Waals surface area contributed by atoms with E-state index < -0.39 is 8.32 Å². The molecule has 0 aliphatic rings. The van der Waals surface area contributed by atoms with Crippen LogP contribution in [0, 0.1) is 0 Å². The highest BCUT2D eigenvalue weighted by Crippen LogP contribution is 2.17. The summed E-state index contributed by atoms with van der Waals surface area (Å²) in [6, 6.07) is 11.2. The Bertz CT molecular complexity index is 231. The third-order valence-corrected chi connectivity index (χ3v) is 4.48. The molecule has 0 saturated heterocycles. The quantitative estimate of drug-likeness (QED) is 0.649. The first-order chi connectivity index (χ1) is 5.64. The van der Waals surface area contributed by atoms with Crippen molar-refractivity contribution < 1.29 is 4.43 Å². The van der Waals surface area contributed by atoms with Crippen LogP contribution < -0.4 is 4.43 Å². The zero-order valence-corrected chi connectivity index (χ0v) is 9.00. The van der Waals surface area contributed by atoms with Crippen LogP contribution in [-0.4, -0.2) is 8.32 Å². The van der Waals surface area contributed by atoms with E-state index in [1.54, 1.807) is 0 Å². The lowest BCUT2D eigenvalue weighted by Gasteiger charge is -2.22. The summed E-state index contributed by atoms with van der Waals surface area (Å²) in [6.45, 7) is 6.66. The Morgan fingerprint density at radius 3 is 2.25 bits per heavy atom. The molecule has 0 aromatic heterocycles. The van der Waals surface area contributed by atoms with Gasteiger partial charge in [-0.2, -0.15) is 0 Å². The summed E-state index contributed by atoms with van der Waals surface area (Å²) in [6.07, 6.45) is 0. The Hall–Kier alpha value is -0.763. The molecule has 0 saturated carbocycles. The van der Waals surface area contributed by atoms with Crippen molar-refractivity contribution in [1.29, 1.82) is 0 Å². The highest BCUT2D eigenvalue weighted by atomic mass is 28.4. The molecular formula is C10H16OSi. The fourth-order valence-electron chi connectivity index (χ4n) is 0.880. The minimum Gasteiger partial charge on any atom is -0.544 e. The molecule has 0 aliphatic carbocycles. The molecule has 12 heavy (non-hydrogen) atoms. The van der Waals surface area contributed by atoms with Crippen LogP contribution in [0.4, 0.5) is 0 Å². The van der Waals surface area contributed by atoms with Crippen LogP contribution >= 0.6 is 0 Å². The van der Waals surface area contributed by atoms with Crippen LogP contribution in [0.1, 0.15) is 6.92 Å². The maximum absolute atomic E-state index is 5.89. The Morgan fingerprint density at radius 1 is 1.17 bits per heavy atom. The third-order valence-electron chi connectivity index (χ3n) is 1.99. The van der Waals surface area contributed by atoms with E-state index in [1.165, 1.54) is 0 Å². The number of benzene rings is 1. The molecule has 0 amide bonds. The normalized spacial score (nSPS) is 11.2. The van der Waals surface area contributed by atoms with E-state index in [1.807, 2.05) is 30.3 Å². The first-order valence-electron chi connectivity index (χ1n) is 4.38. The fraction of sp³-hybridized carbons (Fsp3) is 0.400. The van der Waals surface area contributed by atoms with Gasteiger partial charge in [0, 0.05) is 0 Å². The zero-order valence-electron chi connectivity index (χ0n) is 8.00. The van der Waals surface area contributed by atoms with E-state index in [0.29, 0.717) is 0 Å². The first kappa shape index (κ1) is 9.33. The third kappa shape index (κ3) is 2.70. The maximum atomic E-state index is 5.89. The van der Waals surface area contributed by atoms with Gasteiger partial charge < -0.3 is 4.43 Å². The smallest absolute Gasteiger partial charge is 0.244 e. The summed E-state index contributed by atoms with van der Waals surface area (Å²) in [5.41, 5.74) is 0. The fourth-order valence-corrected chi connectivity index (χ4v) is 1.80. The average Bonchev–Trinajstić information content (AvgIpc) is 2.06. The average molecular weight is 180 g/mol. The predicted octanol–water partition coefficient (Wildman–Crippen LogP) is 3.29. The minimum atomic E-state index is -1.42. The molecule has 0 aliphatic heterocycles. The van der Waals surface area contributed by atoms with Gasteiger partial charge in [0.1, 0.15) is 5.75 Å². The van der Waals surface area contributed by atoms with Crippen LogP contribution in [0.2, 0.25) is 19.1 Å². The molecule has 0 bridgehead atoms. The van der Waals surface area contributed by atoms with Crippen molar-refractivity contribution in [2.75, 3.05) is 0 Å². The summed E-state index contributed by atoms with van der Waals surface area (Å²) in [5, 5.41) is 0. The largest absolute Gasteiger partial charge is 0.544 e. The van der Waals surface area contributed by atoms with Crippen molar-refractivity contribution in [1.82, 2.24) is 0 Å². The van der Waals surface area contributed by atoms with E-state index in [9.17, 15) is 0 Å². The Balaban J connectivity index is 2.64. The molecule has 0 atom stereocenters. The lowest BCUT2D eigenvalue weighted by molar-refractivity contribution is 0.549. The van der Waals surface area contributed by atoms with E-state index in [4.69, 9.17) is 4.43 Å². The molecule has 0 radical (unpaired) electrons. The number of hydrogen-bond acceptors (Lipinski definition) is 1. The van der Waals surface area contributed by atoms with E-state index in [0.717, 1.165) is 11.8 Å². The van der Waals surface area contributed by atoms with Crippen LogP contribution in [0.3, 0.4) is 0 Å². The van der Waals surface area contributed by atoms with Gasteiger partial charge in [-0.1, -0.05) is 25.1 Å². The van der Waals surface area contributed by atoms with Crippen LogP contribution in [0.5, 0.6) is 5.75 Å². The lowest BCUT2D eigenvalue weighted by atomic mass is 10.3. The molecule has 1 nitrogen and oxygen atoms in total. The molecular weight excluding hydrogens is 164 g/mol. The van der Waals surface area contributed by atoms with Crippen molar-refractivity contribution in [3.63, 3.8) is 0 Å². The highest BCUT2D eigenvalue weighted by Gasteiger charge is 2.20. The monoisotopic (exact) mass is 180 g/mol. The van der Waals surface area contributed by atoms with E-state index in [2.05, 4.69) is 20.0 Å².